The van der Waals surface area contributed by atoms with Crippen molar-refractivity contribution in [2.75, 3.05) is 19.7 Å². The molecule has 110 valence electrons. The molecule has 0 aromatic rings. The van der Waals surface area contributed by atoms with Crippen LogP contribution in [0.5, 0.6) is 0 Å². The van der Waals surface area contributed by atoms with Crippen LogP contribution in [0, 0.1) is 0 Å². The van der Waals surface area contributed by atoms with Gasteiger partial charge in [-0.1, -0.05) is 30.1 Å². The third kappa shape index (κ3) is 4.24. The van der Waals surface area contributed by atoms with Gasteiger partial charge in [0.25, 0.3) is 0 Å². The molecular weight excluding hydrogens is 270 g/mol. The minimum Gasteiger partial charge on any atom is -0.410 e. The Morgan fingerprint density at radius 1 is 1.58 bits per heavy atom. The van der Waals surface area contributed by atoms with Crippen LogP contribution in [0.3, 0.4) is 0 Å². The Morgan fingerprint density at radius 3 is 2.89 bits per heavy atom. The molecule has 19 heavy (non-hydrogen) atoms. The minimum atomic E-state index is -0.371. The van der Waals surface area contributed by atoms with E-state index in [1.165, 1.54) is 5.06 Å². The van der Waals surface area contributed by atoms with Crippen molar-refractivity contribution in [1.29, 1.82) is 0 Å². The molecule has 0 aromatic carbocycles. The molecule has 1 N–H and O–H groups in total. The molecule has 0 bridgehead atoms. The molecule has 0 unspecified atom stereocenters. The summed E-state index contributed by atoms with van der Waals surface area (Å²) in [5.41, 5.74) is 0. The Bertz CT molecular complexity index is 325. The van der Waals surface area contributed by atoms with Crippen LogP contribution >= 0.6 is 11.6 Å². The predicted octanol–water partition coefficient (Wildman–Crippen LogP) is 2.65. The van der Waals surface area contributed by atoms with Crippen LogP contribution in [0.15, 0.2) is 5.16 Å². The molecule has 1 heterocycles. The van der Waals surface area contributed by atoms with Crippen LogP contribution in [0.4, 0.5) is 4.79 Å². The van der Waals surface area contributed by atoms with E-state index in [1.807, 2.05) is 6.92 Å². The van der Waals surface area contributed by atoms with Gasteiger partial charge < -0.3 is 10.1 Å². The van der Waals surface area contributed by atoms with Crippen LogP contribution in [0.1, 0.15) is 39.5 Å². The van der Waals surface area contributed by atoms with E-state index in [1.54, 1.807) is 4.90 Å². The number of halogens is 1. The van der Waals surface area contributed by atoms with E-state index >= 15 is 0 Å². The Balaban J connectivity index is 2.74. The molecule has 0 saturated carbocycles. The first-order valence-corrected chi connectivity index (χ1v) is 7.11. The monoisotopic (exact) mass is 291 g/mol. The second-order valence-corrected chi connectivity index (χ2v) is 4.83. The topological polar surface area (TPSA) is 65.4 Å². The summed E-state index contributed by atoms with van der Waals surface area (Å²) < 4.78 is 0. The van der Waals surface area contributed by atoms with Gasteiger partial charge in [0.15, 0.2) is 5.17 Å². The van der Waals surface area contributed by atoms with Crippen LogP contribution in [-0.2, 0) is 4.84 Å². The average molecular weight is 292 g/mol. The summed E-state index contributed by atoms with van der Waals surface area (Å²) in [6.07, 6.45) is 3.35. The highest BCUT2D eigenvalue weighted by Gasteiger charge is 2.33. The van der Waals surface area contributed by atoms with E-state index in [0.29, 0.717) is 26.1 Å². The van der Waals surface area contributed by atoms with Crippen molar-refractivity contribution < 1.29 is 14.8 Å². The quantitative estimate of drug-likeness (QED) is 0.354. The van der Waals surface area contributed by atoms with Crippen molar-refractivity contribution in [3.8, 4) is 0 Å². The van der Waals surface area contributed by atoms with E-state index in [2.05, 4.69) is 12.1 Å². The summed E-state index contributed by atoms with van der Waals surface area (Å²) in [4.78, 5) is 19.4. The fourth-order valence-electron chi connectivity index (χ4n) is 2.07. The smallest absolute Gasteiger partial charge is 0.344 e. The lowest BCUT2D eigenvalue weighted by atomic mass is 10.1. The summed E-state index contributed by atoms with van der Waals surface area (Å²) in [5, 5.41) is 13.2. The van der Waals surface area contributed by atoms with Crippen molar-refractivity contribution in [2.24, 2.45) is 5.16 Å². The number of oxime groups is 1. The van der Waals surface area contributed by atoms with Crippen LogP contribution in [0.2, 0.25) is 0 Å². The fraction of sp³-hybridized carbons (Fsp3) is 0.833. The van der Waals surface area contributed by atoms with Crippen molar-refractivity contribution in [3.63, 3.8) is 0 Å². The molecule has 0 aliphatic carbocycles. The zero-order chi connectivity index (χ0) is 14.3. The van der Waals surface area contributed by atoms with Gasteiger partial charge in [-0.15, -0.1) is 0 Å². The molecule has 0 radical (unpaired) electrons. The lowest BCUT2D eigenvalue weighted by Crippen LogP contribution is -2.47. The van der Waals surface area contributed by atoms with Crippen molar-refractivity contribution >= 4 is 22.8 Å². The normalized spacial score (nSPS) is 21.7. The van der Waals surface area contributed by atoms with Gasteiger partial charge in [-0.05, 0) is 26.2 Å². The number of carbonyl (C=O) groups excluding carboxylic acids is 1. The lowest BCUT2D eigenvalue weighted by Gasteiger charge is -2.30. The third-order valence-corrected chi connectivity index (χ3v) is 3.46. The zero-order valence-corrected chi connectivity index (χ0v) is 12.3. The van der Waals surface area contributed by atoms with Gasteiger partial charge in [-0.25, -0.2) is 9.86 Å². The van der Waals surface area contributed by atoms with Gasteiger partial charge in [0, 0.05) is 6.54 Å². The molecule has 2 amide bonds. The summed E-state index contributed by atoms with van der Waals surface area (Å²) in [7, 11) is 0. The Hall–Kier alpha value is -1.01. The number of hydrogen-bond acceptors (Lipinski definition) is 4. The summed E-state index contributed by atoms with van der Waals surface area (Å²) in [6, 6.07) is -0.591. The van der Waals surface area contributed by atoms with E-state index in [0.717, 1.165) is 19.3 Å². The SMILES string of the molecule is CCCCON1CCC[C@@H](/C(Cl)=N/O)N(CC)C1=O. The maximum absolute atomic E-state index is 12.3. The highest BCUT2D eigenvalue weighted by molar-refractivity contribution is 6.66. The minimum absolute atomic E-state index is 0.0469. The van der Waals surface area contributed by atoms with Gasteiger partial charge in [-0.3, -0.25) is 4.84 Å². The number of carbonyl (C=O) groups is 1. The van der Waals surface area contributed by atoms with Gasteiger partial charge in [0.1, 0.15) is 0 Å². The van der Waals surface area contributed by atoms with Gasteiger partial charge in [0.05, 0.1) is 19.2 Å². The predicted molar refractivity (Wildman–Crippen MR) is 73.4 cm³/mol. The second-order valence-electron chi connectivity index (χ2n) is 4.44. The number of rotatable bonds is 6. The van der Waals surface area contributed by atoms with E-state index in [9.17, 15) is 4.79 Å². The average Bonchev–Trinajstić information content (AvgIpc) is 2.58. The largest absolute Gasteiger partial charge is 0.410 e. The molecular formula is C12H22ClN3O3. The molecule has 1 aliphatic heterocycles. The number of unbranched alkanes of at least 4 members (excludes halogenated alkanes) is 1. The molecule has 7 heteroatoms. The Morgan fingerprint density at radius 2 is 2.32 bits per heavy atom. The van der Waals surface area contributed by atoms with Crippen LogP contribution in [0.25, 0.3) is 0 Å². The van der Waals surface area contributed by atoms with E-state index in [4.69, 9.17) is 21.6 Å². The second kappa shape index (κ2) is 8.22. The number of urea groups is 1. The lowest BCUT2D eigenvalue weighted by molar-refractivity contribution is -0.123. The van der Waals surface area contributed by atoms with E-state index < -0.39 is 0 Å². The summed E-state index contributed by atoms with van der Waals surface area (Å²) in [6.45, 7) is 5.49. The first-order chi connectivity index (χ1) is 9.15. The molecule has 1 atom stereocenters. The summed E-state index contributed by atoms with van der Waals surface area (Å²) in [5.74, 6) is 0. The molecule has 0 aromatic heterocycles. The summed E-state index contributed by atoms with van der Waals surface area (Å²) >= 11 is 5.88. The first kappa shape index (κ1) is 16.0. The molecule has 0 spiro atoms. The molecule has 1 aliphatic rings. The van der Waals surface area contributed by atoms with Crippen LogP contribution < -0.4 is 0 Å². The number of nitrogens with zero attached hydrogens (tertiary/aromatic N) is 3. The van der Waals surface area contributed by atoms with Gasteiger partial charge in [-0.2, -0.15) is 0 Å². The molecule has 6 nitrogen and oxygen atoms in total. The Labute approximate surface area is 118 Å². The van der Waals surface area contributed by atoms with Crippen molar-refractivity contribution in [1.82, 2.24) is 9.96 Å². The van der Waals surface area contributed by atoms with Crippen LogP contribution in [-0.4, -0.2) is 52.1 Å². The first-order valence-electron chi connectivity index (χ1n) is 6.74. The fourth-order valence-corrected chi connectivity index (χ4v) is 2.29. The maximum atomic E-state index is 12.3. The Kier molecular flexibility index (Phi) is 6.94. The highest BCUT2D eigenvalue weighted by Crippen LogP contribution is 2.19. The molecule has 1 fully saturated rings. The number of hydroxylamine groups is 2. The van der Waals surface area contributed by atoms with Crippen molar-refractivity contribution in [2.45, 2.75) is 45.6 Å². The van der Waals surface area contributed by atoms with Crippen molar-refractivity contribution in [3.05, 3.63) is 0 Å². The number of hydrogen-bond donors (Lipinski definition) is 1. The molecule has 1 rings (SSSR count). The molecule has 1 saturated heterocycles. The standard InChI is InChI=1S/C12H22ClN3O3/c1-3-5-9-19-16-8-6-7-10(11(13)14-18)15(4-2)12(16)17/h10,18H,3-9H2,1-2H3/b14-11-/t10-/m0/s1. The van der Waals surface area contributed by atoms with Gasteiger partial charge >= 0.3 is 6.03 Å². The zero-order valence-electron chi connectivity index (χ0n) is 11.5. The van der Waals surface area contributed by atoms with Gasteiger partial charge in [0.2, 0.25) is 0 Å². The third-order valence-electron chi connectivity index (χ3n) is 3.13. The van der Waals surface area contributed by atoms with E-state index in [-0.39, 0.29) is 17.2 Å². The number of amides is 2. The highest BCUT2D eigenvalue weighted by atomic mass is 35.5. The maximum Gasteiger partial charge on any atom is 0.344 e.